The van der Waals surface area contributed by atoms with Crippen LogP contribution in [0.15, 0.2) is 158 Å². The summed E-state index contributed by atoms with van der Waals surface area (Å²) in [7, 11) is 0. The number of hydrogen-bond acceptors (Lipinski definition) is 1. The van der Waals surface area contributed by atoms with Gasteiger partial charge in [-0.1, -0.05) is 109 Å². The van der Waals surface area contributed by atoms with Crippen molar-refractivity contribution in [2.45, 2.75) is 6.92 Å². The Morgan fingerprint density at radius 3 is 1.67 bits per heavy atom. The molecule has 3 heteroatoms. The quantitative estimate of drug-likeness (QED) is 0.209. The molecule has 0 atom stereocenters. The van der Waals surface area contributed by atoms with Crippen LogP contribution in [0.3, 0.4) is 0 Å². The van der Waals surface area contributed by atoms with E-state index in [1.807, 2.05) is 12.1 Å². The van der Waals surface area contributed by atoms with Gasteiger partial charge in [0.15, 0.2) is 0 Å². The van der Waals surface area contributed by atoms with Crippen molar-refractivity contribution in [3.63, 3.8) is 0 Å². The van der Waals surface area contributed by atoms with E-state index in [0.717, 1.165) is 33.9 Å². The topological polar surface area (TPSA) is 22.8 Å². The van der Waals surface area contributed by atoms with Gasteiger partial charge in [-0.05, 0) is 72.6 Å². The van der Waals surface area contributed by atoms with Crippen LogP contribution < -0.4 is 0 Å². The molecule has 0 unspecified atom stereocenters. The highest BCUT2D eigenvalue weighted by Gasteiger charge is 2.16. The lowest BCUT2D eigenvalue weighted by molar-refractivity contribution is 0.891. The van der Waals surface area contributed by atoms with Gasteiger partial charge in [0.2, 0.25) is 0 Å². The fraction of sp³-hybridized carbons (Fsp3) is 0.0250. The molecule has 0 aliphatic rings. The van der Waals surface area contributed by atoms with Crippen LogP contribution in [0.1, 0.15) is 5.56 Å². The van der Waals surface area contributed by atoms with E-state index in [4.69, 9.17) is 5.10 Å². The molecule has 0 aliphatic heterocycles. The highest BCUT2D eigenvalue weighted by Crippen LogP contribution is 2.36. The Hall–Kier alpha value is -5.67. The molecule has 8 aromatic rings. The Bertz CT molecular complexity index is 2210. The number of aromatic nitrogens is 3. The van der Waals surface area contributed by atoms with Gasteiger partial charge >= 0.3 is 0 Å². The molecule has 0 aliphatic carbocycles. The number of hydrogen-bond donors (Lipinski definition) is 0. The zero-order valence-corrected chi connectivity index (χ0v) is 23.9. The summed E-state index contributed by atoms with van der Waals surface area (Å²) in [6.45, 7) is 2.16. The molecule has 0 bridgehead atoms. The molecule has 3 nitrogen and oxygen atoms in total. The van der Waals surface area contributed by atoms with Crippen molar-refractivity contribution in [2.24, 2.45) is 0 Å². The summed E-state index contributed by atoms with van der Waals surface area (Å²) in [4.78, 5) is 0. The molecular weight excluding hydrogens is 522 g/mol. The molecule has 0 saturated heterocycles. The van der Waals surface area contributed by atoms with Crippen molar-refractivity contribution in [1.29, 1.82) is 0 Å². The number of fused-ring (bicyclic) bond motifs is 3. The SMILES string of the molecule is Cc1ccc2c(c1)c1cc(-c3ccccc3)ccc1n2-c1ccc(-n2nc(-c3ccccc3)cc2-c2ccccc2)cc1. The van der Waals surface area contributed by atoms with Crippen LogP contribution in [0.5, 0.6) is 0 Å². The van der Waals surface area contributed by atoms with Crippen molar-refractivity contribution in [1.82, 2.24) is 14.3 Å². The maximum atomic E-state index is 5.08. The molecule has 0 spiro atoms. The second-order valence-corrected chi connectivity index (χ2v) is 11.0. The number of aryl methyl sites for hydroxylation is 1. The standard InChI is InChI=1S/C40H29N3/c1-28-17-23-38-35(25-28)36-26-32(29-11-5-2-6-12-29)18-24-39(36)42(38)33-19-21-34(22-20-33)43-40(31-15-9-4-10-16-31)27-37(41-43)30-13-7-3-8-14-30/h2-27H,1H3. The van der Waals surface area contributed by atoms with Crippen LogP contribution in [-0.2, 0) is 0 Å². The van der Waals surface area contributed by atoms with Crippen molar-refractivity contribution in [2.75, 3.05) is 0 Å². The lowest BCUT2D eigenvalue weighted by Gasteiger charge is -2.11. The third-order valence-corrected chi connectivity index (χ3v) is 8.23. The first-order valence-corrected chi connectivity index (χ1v) is 14.6. The summed E-state index contributed by atoms with van der Waals surface area (Å²) in [5.41, 5.74) is 12.5. The van der Waals surface area contributed by atoms with Crippen LogP contribution in [0.25, 0.3) is 66.8 Å². The second-order valence-electron chi connectivity index (χ2n) is 11.0. The predicted molar refractivity (Wildman–Crippen MR) is 179 cm³/mol. The van der Waals surface area contributed by atoms with E-state index in [0.29, 0.717) is 0 Å². The van der Waals surface area contributed by atoms with E-state index in [1.165, 1.54) is 38.5 Å². The third kappa shape index (κ3) is 4.43. The minimum absolute atomic E-state index is 0.954. The number of nitrogens with zero attached hydrogens (tertiary/aromatic N) is 3. The minimum atomic E-state index is 0.954. The fourth-order valence-electron chi connectivity index (χ4n) is 6.11. The molecule has 204 valence electrons. The molecule has 0 N–H and O–H groups in total. The Morgan fingerprint density at radius 1 is 0.442 bits per heavy atom. The first kappa shape index (κ1) is 25.1. The van der Waals surface area contributed by atoms with E-state index in [2.05, 4.69) is 162 Å². The zero-order valence-electron chi connectivity index (χ0n) is 23.9. The summed E-state index contributed by atoms with van der Waals surface area (Å²) in [6, 6.07) is 56.0. The van der Waals surface area contributed by atoms with E-state index in [-0.39, 0.29) is 0 Å². The maximum absolute atomic E-state index is 5.08. The van der Waals surface area contributed by atoms with Crippen LogP contribution >= 0.6 is 0 Å². The lowest BCUT2D eigenvalue weighted by atomic mass is 10.0. The van der Waals surface area contributed by atoms with E-state index >= 15 is 0 Å². The molecule has 0 saturated carbocycles. The second kappa shape index (κ2) is 10.3. The summed E-state index contributed by atoms with van der Waals surface area (Å²) in [6.07, 6.45) is 0. The van der Waals surface area contributed by atoms with Gasteiger partial charge in [0.1, 0.15) is 0 Å². The van der Waals surface area contributed by atoms with Gasteiger partial charge in [-0.25, -0.2) is 4.68 Å². The molecule has 2 heterocycles. The van der Waals surface area contributed by atoms with Gasteiger partial charge < -0.3 is 4.57 Å². The van der Waals surface area contributed by atoms with Crippen LogP contribution in [0.2, 0.25) is 0 Å². The van der Waals surface area contributed by atoms with E-state index < -0.39 is 0 Å². The number of benzene rings is 6. The normalized spacial score (nSPS) is 11.4. The predicted octanol–water partition coefficient (Wildman–Crippen LogP) is 10.3. The lowest BCUT2D eigenvalue weighted by Crippen LogP contribution is -2.00. The highest BCUT2D eigenvalue weighted by molar-refractivity contribution is 6.10. The summed E-state index contributed by atoms with van der Waals surface area (Å²) < 4.78 is 4.43. The average molecular weight is 552 g/mol. The smallest absolute Gasteiger partial charge is 0.0934 e. The van der Waals surface area contributed by atoms with E-state index in [9.17, 15) is 0 Å². The third-order valence-electron chi connectivity index (χ3n) is 8.23. The zero-order chi connectivity index (χ0) is 28.8. The first-order chi connectivity index (χ1) is 21.2. The van der Waals surface area contributed by atoms with Crippen molar-refractivity contribution in [3.8, 4) is 45.0 Å². The van der Waals surface area contributed by atoms with Gasteiger partial charge in [0, 0.05) is 27.6 Å². The molecule has 43 heavy (non-hydrogen) atoms. The molecular formula is C40H29N3. The average Bonchev–Trinajstić information content (AvgIpc) is 3.66. The largest absolute Gasteiger partial charge is 0.309 e. The van der Waals surface area contributed by atoms with Gasteiger partial charge in [-0.2, -0.15) is 5.10 Å². The molecule has 2 aromatic heterocycles. The molecule has 8 rings (SSSR count). The Labute approximate surface area is 250 Å². The monoisotopic (exact) mass is 551 g/mol. The fourth-order valence-corrected chi connectivity index (χ4v) is 6.11. The molecule has 0 radical (unpaired) electrons. The van der Waals surface area contributed by atoms with Crippen LogP contribution in [0, 0.1) is 6.92 Å². The summed E-state index contributed by atoms with van der Waals surface area (Å²) in [5, 5.41) is 7.60. The molecule has 0 fully saturated rings. The van der Waals surface area contributed by atoms with Crippen molar-refractivity contribution >= 4 is 21.8 Å². The van der Waals surface area contributed by atoms with Gasteiger partial charge in [0.25, 0.3) is 0 Å². The molecule has 0 amide bonds. The number of rotatable bonds is 5. The maximum Gasteiger partial charge on any atom is 0.0934 e. The van der Waals surface area contributed by atoms with Crippen LogP contribution in [-0.4, -0.2) is 14.3 Å². The Morgan fingerprint density at radius 2 is 1.00 bits per heavy atom. The highest BCUT2D eigenvalue weighted by atomic mass is 15.3. The van der Waals surface area contributed by atoms with Gasteiger partial charge in [0.05, 0.1) is 28.1 Å². The van der Waals surface area contributed by atoms with Crippen molar-refractivity contribution in [3.05, 3.63) is 163 Å². The Balaban J connectivity index is 1.26. The summed E-state index contributed by atoms with van der Waals surface area (Å²) >= 11 is 0. The summed E-state index contributed by atoms with van der Waals surface area (Å²) in [5.74, 6) is 0. The molecule has 6 aromatic carbocycles. The Kier molecular flexibility index (Phi) is 6.01. The van der Waals surface area contributed by atoms with Crippen molar-refractivity contribution < 1.29 is 0 Å². The first-order valence-electron chi connectivity index (χ1n) is 14.6. The van der Waals surface area contributed by atoms with Gasteiger partial charge in [-0.3, -0.25) is 0 Å². The van der Waals surface area contributed by atoms with Crippen LogP contribution in [0.4, 0.5) is 0 Å². The van der Waals surface area contributed by atoms with Gasteiger partial charge in [-0.15, -0.1) is 0 Å². The minimum Gasteiger partial charge on any atom is -0.309 e. The van der Waals surface area contributed by atoms with E-state index in [1.54, 1.807) is 0 Å².